The summed E-state index contributed by atoms with van der Waals surface area (Å²) in [5.41, 5.74) is 0.0468. The van der Waals surface area contributed by atoms with E-state index in [1.54, 1.807) is 18.2 Å². The highest BCUT2D eigenvalue weighted by atomic mass is 79.9. The largest absolute Gasteiger partial charge is 0.495 e. The molecule has 2 aromatic rings. The number of hydrogen-bond acceptors (Lipinski definition) is 5. The van der Waals surface area contributed by atoms with Crippen LogP contribution in [0.4, 0.5) is 5.69 Å². The van der Waals surface area contributed by atoms with Crippen molar-refractivity contribution in [3.05, 3.63) is 46.9 Å². The summed E-state index contributed by atoms with van der Waals surface area (Å²) in [4.78, 5) is -0.291. The monoisotopic (exact) mass is 420 g/mol. The van der Waals surface area contributed by atoms with Gasteiger partial charge in [0.25, 0.3) is 10.0 Å². The minimum Gasteiger partial charge on any atom is -0.495 e. The second-order valence-corrected chi connectivity index (χ2v) is 8.48. The number of primary sulfonamides is 1. The first kappa shape index (κ1) is 17.7. The van der Waals surface area contributed by atoms with Crippen molar-refractivity contribution in [2.75, 3.05) is 11.8 Å². The van der Waals surface area contributed by atoms with Crippen LogP contribution in [0.3, 0.4) is 0 Å². The number of nitrogens with two attached hydrogens (primary N) is 1. The first-order valence-electron chi connectivity index (χ1n) is 6.13. The average Bonchev–Trinajstić information content (AvgIpc) is 2.46. The first-order chi connectivity index (χ1) is 10.6. The highest BCUT2D eigenvalue weighted by molar-refractivity contribution is 9.10. The van der Waals surface area contributed by atoms with Crippen LogP contribution in [0.15, 0.2) is 56.7 Å². The Morgan fingerprint density at radius 3 is 2.26 bits per heavy atom. The van der Waals surface area contributed by atoms with Crippen LogP contribution in [0, 0.1) is 0 Å². The summed E-state index contributed by atoms with van der Waals surface area (Å²) < 4.78 is 55.5. The van der Waals surface area contributed by atoms with Crippen LogP contribution in [0.1, 0.15) is 0 Å². The molecule has 0 atom stereocenters. The van der Waals surface area contributed by atoms with Gasteiger partial charge in [-0.2, -0.15) is 0 Å². The number of nitrogens with one attached hydrogen (secondary N) is 1. The van der Waals surface area contributed by atoms with Crippen molar-refractivity contribution in [3.8, 4) is 5.75 Å². The van der Waals surface area contributed by atoms with Gasteiger partial charge in [0.2, 0.25) is 10.0 Å². The number of anilines is 1. The summed E-state index contributed by atoms with van der Waals surface area (Å²) in [7, 11) is -6.68. The van der Waals surface area contributed by atoms with Crippen molar-refractivity contribution >= 4 is 41.7 Å². The molecule has 0 saturated carbocycles. The number of rotatable bonds is 5. The van der Waals surface area contributed by atoms with Gasteiger partial charge < -0.3 is 4.74 Å². The van der Waals surface area contributed by atoms with Crippen LogP contribution in [0.5, 0.6) is 5.75 Å². The molecule has 0 amide bonds. The molecule has 0 spiro atoms. The SMILES string of the molecule is COc1ccc(NS(=O)(=O)c2ccccc2Br)cc1S(N)(=O)=O. The summed E-state index contributed by atoms with van der Waals surface area (Å²) in [6.07, 6.45) is 0. The molecule has 0 unspecified atom stereocenters. The Kier molecular flexibility index (Phi) is 4.99. The zero-order valence-electron chi connectivity index (χ0n) is 11.9. The third kappa shape index (κ3) is 4.02. The molecule has 0 heterocycles. The summed E-state index contributed by atoms with van der Waals surface area (Å²) >= 11 is 3.16. The van der Waals surface area contributed by atoms with Crippen molar-refractivity contribution in [2.45, 2.75) is 9.79 Å². The molecule has 10 heteroatoms. The number of ether oxygens (including phenoxy) is 1. The maximum atomic E-state index is 12.4. The van der Waals surface area contributed by atoms with E-state index in [-0.39, 0.29) is 21.2 Å². The molecular formula is C13H13BrN2O5S2. The minimum absolute atomic E-state index is 0.0213. The molecule has 7 nitrogen and oxygen atoms in total. The molecule has 2 rings (SSSR count). The van der Waals surface area contributed by atoms with Crippen LogP contribution >= 0.6 is 15.9 Å². The van der Waals surface area contributed by atoms with E-state index in [1.807, 2.05) is 0 Å². The number of halogens is 1. The van der Waals surface area contributed by atoms with E-state index >= 15 is 0 Å². The normalized spacial score (nSPS) is 12.0. The Balaban J connectivity index is 2.47. The van der Waals surface area contributed by atoms with Crippen LogP contribution in [0.25, 0.3) is 0 Å². The van der Waals surface area contributed by atoms with E-state index < -0.39 is 20.0 Å². The molecule has 3 N–H and O–H groups in total. The molecule has 124 valence electrons. The highest BCUT2D eigenvalue weighted by Gasteiger charge is 2.20. The summed E-state index contributed by atoms with van der Waals surface area (Å²) in [5.74, 6) is 0.0244. The molecule has 0 radical (unpaired) electrons. The predicted molar refractivity (Wildman–Crippen MR) is 89.3 cm³/mol. The van der Waals surface area contributed by atoms with E-state index in [2.05, 4.69) is 20.7 Å². The van der Waals surface area contributed by atoms with Crippen molar-refractivity contribution in [2.24, 2.45) is 5.14 Å². The van der Waals surface area contributed by atoms with E-state index in [0.717, 1.165) is 6.07 Å². The van der Waals surface area contributed by atoms with E-state index in [4.69, 9.17) is 9.88 Å². The summed E-state index contributed by atoms with van der Waals surface area (Å²) in [6, 6.07) is 10.0. The quantitative estimate of drug-likeness (QED) is 0.765. The minimum atomic E-state index is -4.07. The summed E-state index contributed by atoms with van der Waals surface area (Å²) in [5, 5.41) is 5.11. The van der Waals surface area contributed by atoms with E-state index in [1.165, 1.54) is 25.3 Å². The van der Waals surface area contributed by atoms with Gasteiger partial charge in [-0.25, -0.2) is 22.0 Å². The lowest BCUT2D eigenvalue weighted by Crippen LogP contribution is -2.16. The second-order valence-electron chi connectivity index (χ2n) is 4.45. The topological polar surface area (TPSA) is 116 Å². The van der Waals surface area contributed by atoms with Crippen LogP contribution in [-0.2, 0) is 20.0 Å². The maximum absolute atomic E-state index is 12.4. The van der Waals surface area contributed by atoms with E-state index in [0.29, 0.717) is 4.47 Å². The first-order valence-corrected chi connectivity index (χ1v) is 9.95. The van der Waals surface area contributed by atoms with Crippen molar-refractivity contribution in [1.82, 2.24) is 0 Å². The number of hydrogen-bond donors (Lipinski definition) is 2. The number of sulfonamides is 2. The van der Waals surface area contributed by atoms with E-state index in [9.17, 15) is 16.8 Å². The number of benzene rings is 2. The second kappa shape index (κ2) is 6.48. The van der Waals surface area contributed by atoms with Crippen LogP contribution in [-0.4, -0.2) is 23.9 Å². The fourth-order valence-electron chi connectivity index (χ4n) is 1.84. The lowest BCUT2D eigenvalue weighted by molar-refractivity contribution is 0.403. The van der Waals surface area contributed by atoms with Crippen LogP contribution in [0.2, 0.25) is 0 Å². The Bertz CT molecular complexity index is 943. The molecule has 23 heavy (non-hydrogen) atoms. The lowest BCUT2D eigenvalue weighted by Gasteiger charge is -2.12. The smallest absolute Gasteiger partial charge is 0.263 e. The third-order valence-corrected chi connectivity index (χ3v) is 6.17. The van der Waals surface area contributed by atoms with Gasteiger partial charge in [-0.15, -0.1) is 0 Å². The van der Waals surface area contributed by atoms with Gasteiger partial charge in [0.15, 0.2) is 0 Å². The fourth-order valence-corrected chi connectivity index (χ4v) is 4.61. The maximum Gasteiger partial charge on any atom is 0.263 e. The standard InChI is InChI=1S/C13H13BrN2O5S2/c1-21-11-7-6-9(8-13(11)22(15,17)18)16-23(19,20)12-5-3-2-4-10(12)14/h2-8,16H,1H3,(H2,15,17,18). The van der Waals surface area contributed by atoms with Crippen LogP contribution < -0.4 is 14.6 Å². The Labute approximate surface area is 142 Å². The number of methoxy groups -OCH3 is 1. The molecule has 2 aromatic carbocycles. The molecule has 0 bridgehead atoms. The Hall–Kier alpha value is -1.62. The van der Waals surface area contributed by atoms with Gasteiger partial charge in [0, 0.05) is 4.47 Å². The summed E-state index contributed by atoms with van der Waals surface area (Å²) in [6.45, 7) is 0. The van der Waals surface area contributed by atoms with Crippen molar-refractivity contribution in [3.63, 3.8) is 0 Å². The predicted octanol–water partition coefficient (Wildman–Crippen LogP) is 1.91. The molecule has 0 saturated heterocycles. The molecular weight excluding hydrogens is 408 g/mol. The molecule has 0 fully saturated rings. The molecule has 0 aliphatic heterocycles. The van der Waals surface area contributed by atoms with Gasteiger partial charge in [-0.3, -0.25) is 4.72 Å². The lowest BCUT2D eigenvalue weighted by atomic mass is 10.3. The Morgan fingerprint density at radius 2 is 1.70 bits per heavy atom. The fraction of sp³-hybridized carbons (Fsp3) is 0.0769. The highest BCUT2D eigenvalue weighted by Crippen LogP contribution is 2.28. The zero-order valence-corrected chi connectivity index (χ0v) is 15.1. The third-order valence-electron chi connectivity index (χ3n) is 2.85. The van der Waals surface area contributed by atoms with Crippen molar-refractivity contribution < 1.29 is 21.6 Å². The zero-order chi connectivity index (χ0) is 17.3. The van der Waals surface area contributed by atoms with Crippen molar-refractivity contribution in [1.29, 1.82) is 0 Å². The van der Waals surface area contributed by atoms with Gasteiger partial charge in [-0.05, 0) is 46.3 Å². The Morgan fingerprint density at radius 1 is 1.04 bits per heavy atom. The molecule has 0 aliphatic rings. The van der Waals surface area contributed by atoms with Gasteiger partial charge in [-0.1, -0.05) is 12.1 Å². The molecule has 0 aliphatic carbocycles. The van der Waals surface area contributed by atoms with Gasteiger partial charge in [0.05, 0.1) is 12.8 Å². The molecule has 0 aromatic heterocycles. The van der Waals surface area contributed by atoms with Gasteiger partial charge in [0.1, 0.15) is 15.5 Å². The van der Waals surface area contributed by atoms with Gasteiger partial charge >= 0.3 is 0 Å². The average molecular weight is 421 g/mol.